The van der Waals surface area contributed by atoms with E-state index in [2.05, 4.69) is 23.5 Å². The molecule has 1 unspecified atom stereocenters. The van der Waals surface area contributed by atoms with Gasteiger partial charge in [-0.3, -0.25) is 0 Å². The van der Waals surface area contributed by atoms with Gasteiger partial charge in [0.05, 0.1) is 7.11 Å². The van der Waals surface area contributed by atoms with E-state index in [0.717, 1.165) is 23.3 Å². The van der Waals surface area contributed by atoms with Crippen molar-refractivity contribution in [3.8, 4) is 5.75 Å². The van der Waals surface area contributed by atoms with Crippen LogP contribution in [0.5, 0.6) is 5.75 Å². The van der Waals surface area contributed by atoms with Crippen LogP contribution in [0.4, 0.5) is 4.39 Å². The number of rotatable bonds is 5. The van der Waals surface area contributed by atoms with E-state index in [1.54, 1.807) is 7.11 Å². The second kappa shape index (κ2) is 6.53. The van der Waals surface area contributed by atoms with Crippen molar-refractivity contribution in [2.45, 2.75) is 19.4 Å². The van der Waals surface area contributed by atoms with Gasteiger partial charge in [0.25, 0.3) is 0 Å². The molecule has 3 heteroatoms. The predicted molar refractivity (Wildman–Crippen MR) is 79.6 cm³/mol. The number of hydrogen-bond donors (Lipinski definition) is 1. The van der Waals surface area contributed by atoms with Crippen LogP contribution >= 0.6 is 0 Å². The Balaban J connectivity index is 2.21. The molecule has 0 spiro atoms. The van der Waals surface area contributed by atoms with Gasteiger partial charge in [-0.05, 0) is 55.3 Å². The third-order valence-corrected chi connectivity index (χ3v) is 3.54. The zero-order chi connectivity index (χ0) is 14.5. The molecule has 2 nitrogen and oxygen atoms in total. The fourth-order valence-electron chi connectivity index (χ4n) is 2.30. The summed E-state index contributed by atoms with van der Waals surface area (Å²) < 4.78 is 18.3. The fourth-order valence-corrected chi connectivity index (χ4v) is 2.30. The lowest BCUT2D eigenvalue weighted by Crippen LogP contribution is -2.19. The number of hydrogen-bond acceptors (Lipinski definition) is 2. The van der Waals surface area contributed by atoms with Crippen molar-refractivity contribution >= 4 is 0 Å². The Morgan fingerprint density at radius 2 is 1.85 bits per heavy atom. The third-order valence-electron chi connectivity index (χ3n) is 3.54. The van der Waals surface area contributed by atoms with Gasteiger partial charge in [-0.15, -0.1) is 0 Å². The second-order valence-corrected chi connectivity index (χ2v) is 4.90. The SMILES string of the molecule is CNC(Cc1ccc(F)cc1)c1ccc(C)c(OC)c1. The van der Waals surface area contributed by atoms with Gasteiger partial charge in [-0.2, -0.15) is 0 Å². The number of ether oxygens (including phenoxy) is 1. The summed E-state index contributed by atoms with van der Waals surface area (Å²) in [5.74, 6) is 0.689. The molecule has 106 valence electrons. The Kier molecular flexibility index (Phi) is 4.74. The molecule has 20 heavy (non-hydrogen) atoms. The van der Waals surface area contributed by atoms with E-state index in [-0.39, 0.29) is 11.9 Å². The average Bonchev–Trinajstić information content (AvgIpc) is 2.47. The molecular formula is C17H20FNO. The van der Waals surface area contributed by atoms with Gasteiger partial charge >= 0.3 is 0 Å². The van der Waals surface area contributed by atoms with Crippen LogP contribution in [0.25, 0.3) is 0 Å². The number of halogens is 1. The maximum atomic E-state index is 12.9. The zero-order valence-electron chi connectivity index (χ0n) is 12.1. The molecule has 0 saturated heterocycles. The van der Waals surface area contributed by atoms with Crippen LogP contribution < -0.4 is 10.1 Å². The highest BCUT2D eigenvalue weighted by Crippen LogP contribution is 2.25. The molecule has 1 N–H and O–H groups in total. The number of likely N-dealkylation sites (N-methyl/N-ethyl adjacent to an activating group) is 1. The van der Waals surface area contributed by atoms with E-state index in [1.807, 2.05) is 26.1 Å². The van der Waals surface area contributed by atoms with Crippen LogP contribution in [-0.2, 0) is 6.42 Å². The summed E-state index contributed by atoms with van der Waals surface area (Å²) >= 11 is 0. The molecule has 0 aliphatic carbocycles. The number of nitrogens with one attached hydrogen (secondary N) is 1. The lowest BCUT2D eigenvalue weighted by atomic mass is 9.98. The molecule has 2 aromatic carbocycles. The minimum absolute atomic E-state index is 0.176. The molecule has 0 heterocycles. The fraction of sp³-hybridized carbons (Fsp3) is 0.294. The maximum Gasteiger partial charge on any atom is 0.123 e. The van der Waals surface area contributed by atoms with E-state index in [0.29, 0.717) is 0 Å². The summed E-state index contributed by atoms with van der Waals surface area (Å²) in [6, 6.07) is 13.0. The average molecular weight is 273 g/mol. The molecule has 0 aliphatic rings. The topological polar surface area (TPSA) is 21.3 Å². The summed E-state index contributed by atoms with van der Waals surface area (Å²) in [5, 5.41) is 3.30. The van der Waals surface area contributed by atoms with Crippen LogP contribution in [-0.4, -0.2) is 14.2 Å². The number of aryl methyl sites for hydroxylation is 1. The number of methoxy groups -OCH3 is 1. The monoisotopic (exact) mass is 273 g/mol. The molecule has 0 saturated carbocycles. The van der Waals surface area contributed by atoms with Crippen molar-refractivity contribution in [3.63, 3.8) is 0 Å². The van der Waals surface area contributed by atoms with E-state index in [1.165, 1.54) is 17.7 Å². The summed E-state index contributed by atoms with van der Waals surface area (Å²) in [7, 11) is 3.61. The van der Waals surface area contributed by atoms with Gasteiger partial charge in [0.15, 0.2) is 0 Å². The van der Waals surface area contributed by atoms with Crippen LogP contribution in [0, 0.1) is 12.7 Å². The van der Waals surface area contributed by atoms with Crippen molar-refractivity contribution in [2.75, 3.05) is 14.2 Å². The molecule has 0 aromatic heterocycles. The molecule has 0 aliphatic heterocycles. The Hall–Kier alpha value is -1.87. The highest BCUT2D eigenvalue weighted by atomic mass is 19.1. The Labute approximate surface area is 119 Å². The highest BCUT2D eigenvalue weighted by molar-refractivity contribution is 5.38. The van der Waals surface area contributed by atoms with Crippen LogP contribution in [0.15, 0.2) is 42.5 Å². The Morgan fingerprint density at radius 1 is 1.15 bits per heavy atom. The summed E-state index contributed by atoms with van der Waals surface area (Å²) in [5.41, 5.74) is 3.39. The van der Waals surface area contributed by atoms with Gasteiger partial charge in [-0.1, -0.05) is 24.3 Å². The van der Waals surface area contributed by atoms with Gasteiger partial charge in [0, 0.05) is 6.04 Å². The quantitative estimate of drug-likeness (QED) is 0.898. The molecule has 0 amide bonds. The van der Waals surface area contributed by atoms with Crippen molar-refractivity contribution in [1.82, 2.24) is 5.32 Å². The third kappa shape index (κ3) is 3.36. The molecule has 0 bridgehead atoms. The van der Waals surface area contributed by atoms with Crippen molar-refractivity contribution in [2.24, 2.45) is 0 Å². The molecule has 2 aromatic rings. The summed E-state index contributed by atoms with van der Waals surface area (Å²) in [6.45, 7) is 2.02. The highest BCUT2D eigenvalue weighted by Gasteiger charge is 2.12. The lowest BCUT2D eigenvalue weighted by molar-refractivity contribution is 0.410. The molecule has 0 fully saturated rings. The first-order valence-electron chi connectivity index (χ1n) is 6.70. The zero-order valence-corrected chi connectivity index (χ0v) is 12.1. The largest absolute Gasteiger partial charge is 0.496 e. The number of benzene rings is 2. The van der Waals surface area contributed by atoms with Crippen LogP contribution in [0.2, 0.25) is 0 Å². The minimum atomic E-state index is -0.202. The first-order valence-corrected chi connectivity index (χ1v) is 6.70. The van der Waals surface area contributed by atoms with Crippen molar-refractivity contribution < 1.29 is 9.13 Å². The van der Waals surface area contributed by atoms with E-state index >= 15 is 0 Å². The predicted octanol–water partition coefficient (Wildman–Crippen LogP) is 3.65. The van der Waals surface area contributed by atoms with E-state index in [4.69, 9.17) is 4.74 Å². The molecular weight excluding hydrogens is 253 g/mol. The standard InChI is InChI=1S/C17H20FNO/c1-12-4-7-14(11-17(12)20-3)16(19-2)10-13-5-8-15(18)9-6-13/h4-9,11,16,19H,10H2,1-3H3. The first kappa shape index (κ1) is 14.5. The summed E-state index contributed by atoms with van der Waals surface area (Å²) in [6.07, 6.45) is 0.809. The van der Waals surface area contributed by atoms with Crippen LogP contribution in [0.1, 0.15) is 22.7 Å². The van der Waals surface area contributed by atoms with E-state index in [9.17, 15) is 4.39 Å². The normalized spacial score (nSPS) is 12.2. The van der Waals surface area contributed by atoms with Gasteiger partial charge in [0.2, 0.25) is 0 Å². The van der Waals surface area contributed by atoms with Crippen molar-refractivity contribution in [1.29, 1.82) is 0 Å². The van der Waals surface area contributed by atoms with Crippen molar-refractivity contribution in [3.05, 3.63) is 65.0 Å². The second-order valence-electron chi connectivity index (χ2n) is 4.90. The van der Waals surface area contributed by atoms with Gasteiger partial charge in [-0.25, -0.2) is 4.39 Å². The first-order chi connectivity index (χ1) is 9.63. The van der Waals surface area contributed by atoms with E-state index < -0.39 is 0 Å². The Morgan fingerprint density at radius 3 is 2.45 bits per heavy atom. The Bertz CT molecular complexity index is 566. The molecule has 0 radical (unpaired) electrons. The lowest BCUT2D eigenvalue weighted by Gasteiger charge is -2.18. The smallest absolute Gasteiger partial charge is 0.123 e. The minimum Gasteiger partial charge on any atom is -0.496 e. The van der Waals surface area contributed by atoms with Gasteiger partial charge < -0.3 is 10.1 Å². The molecule has 1 atom stereocenters. The van der Waals surface area contributed by atoms with Gasteiger partial charge in [0.1, 0.15) is 11.6 Å². The molecule has 2 rings (SSSR count). The maximum absolute atomic E-state index is 12.9. The summed E-state index contributed by atoms with van der Waals surface area (Å²) in [4.78, 5) is 0. The van der Waals surface area contributed by atoms with Crippen LogP contribution in [0.3, 0.4) is 0 Å².